The molecule has 10 heavy (non-hydrogen) atoms. The molecule has 0 radical (unpaired) electrons. The number of hydrogen-bond acceptors (Lipinski definition) is 3. The normalized spacial score (nSPS) is 11.2. The zero-order chi connectivity index (χ0) is 8.41. The first-order chi connectivity index (χ1) is 4.85. The molecule has 0 aromatic rings. The first-order valence-corrected chi connectivity index (χ1v) is 3.61. The van der Waals surface area contributed by atoms with E-state index in [0.717, 1.165) is 12.8 Å². The van der Waals surface area contributed by atoms with E-state index >= 15 is 0 Å². The highest BCUT2D eigenvalue weighted by Crippen LogP contribution is 2.01. The molecule has 0 aliphatic heterocycles. The van der Waals surface area contributed by atoms with Gasteiger partial charge in [-0.15, -0.1) is 0 Å². The fourth-order valence-electron chi connectivity index (χ4n) is 0.596. The Bertz CT molecular complexity index is 59.9. The first-order valence-electron chi connectivity index (χ1n) is 3.61. The molecule has 1 unspecified atom stereocenters. The number of nitrogens with two attached hydrogens (primary N) is 2. The Kier molecular flexibility index (Phi) is 14.0. The lowest BCUT2D eigenvalue weighted by Gasteiger charge is -2.05. The standard InChI is InChI=1S/C6H14N2.CH5N/c1-2-6(5-8)3-4-7;1-2/h4,6-7H,2-3,5,8H2,1H3;2H2,1H3. The van der Waals surface area contributed by atoms with Gasteiger partial charge in [-0.05, 0) is 32.1 Å². The molecule has 5 N–H and O–H groups in total. The minimum Gasteiger partial charge on any atom is -0.333 e. The molecule has 62 valence electrons. The topological polar surface area (TPSA) is 75.9 Å². The summed E-state index contributed by atoms with van der Waals surface area (Å²) in [6.07, 6.45) is 3.36. The second kappa shape index (κ2) is 11.4. The Morgan fingerprint density at radius 1 is 1.50 bits per heavy atom. The van der Waals surface area contributed by atoms with Gasteiger partial charge in [-0.2, -0.15) is 0 Å². The van der Waals surface area contributed by atoms with Gasteiger partial charge in [-0.1, -0.05) is 13.3 Å². The molecule has 3 nitrogen and oxygen atoms in total. The van der Waals surface area contributed by atoms with Crippen LogP contribution in [0, 0.1) is 11.3 Å². The molecule has 0 aliphatic carbocycles. The maximum atomic E-state index is 6.76. The first kappa shape index (κ1) is 12.3. The van der Waals surface area contributed by atoms with Gasteiger partial charge in [0.1, 0.15) is 0 Å². The number of rotatable bonds is 4. The lowest BCUT2D eigenvalue weighted by atomic mass is 10.0. The van der Waals surface area contributed by atoms with Crippen LogP contribution in [0.5, 0.6) is 0 Å². The molecular formula is C7H19N3. The molecule has 0 heterocycles. The predicted octanol–water partition coefficient (Wildman–Crippen LogP) is 0.586. The van der Waals surface area contributed by atoms with E-state index in [1.54, 1.807) is 0 Å². The fourth-order valence-corrected chi connectivity index (χ4v) is 0.596. The summed E-state index contributed by atoms with van der Waals surface area (Å²) < 4.78 is 0. The van der Waals surface area contributed by atoms with Crippen LogP contribution in [0.3, 0.4) is 0 Å². The molecule has 0 spiro atoms. The Hall–Kier alpha value is -0.410. The maximum absolute atomic E-state index is 6.76. The van der Waals surface area contributed by atoms with Gasteiger partial charge in [0.15, 0.2) is 0 Å². The third-order valence-corrected chi connectivity index (χ3v) is 1.36. The van der Waals surface area contributed by atoms with Crippen molar-refractivity contribution in [3.05, 3.63) is 0 Å². The van der Waals surface area contributed by atoms with Crippen LogP contribution in [0.15, 0.2) is 0 Å². The quantitative estimate of drug-likeness (QED) is 0.506. The summed E-state index contributed by atoms with van der Waals surface area (Å²) in [4.78, 5) is 0. The molecule has 0 saturated carbocycles. The van der Waals surface area contributed by atoms with Crippen LogP contribution in [-0.4, -0.2) is 19.8 Å². The second-order valence-electron chi connectivity index (χ2n) is 1.95. The van der Waals surface area contributed by atoms with Crippen molar-refractivity contribution in [2.24, 2.45) is 17.4 Å². The highest BCUT2D eigenvalue weighted by molar-refractivity contribution is 5.53. The average molecular weight is 145 g/mol. The van der Waals surface area contributed by atoms with Crippen molar-refractivity contribution >= 4 is 6.21 Å². The lowest BCUT2D eigenvalue weighted by Crippen LogP contribution is -2.13. The van der Waals surface area contributed by atoms with E-state index in [2.05, 4.69) is 12.7 Å². The summed E-state index contributed by atoms with van der Waals surface area (Å²) in [6, 6.07) is 0. The van der Waals surface area contributed by atoms with Gasteiger partial charge in [0.05, 0.1) is 0 Å². The molecule has 1 atom stereocenters. The lowest BCUT2D eigenvalue weighted by molar-refractivity contribution is 0.545. The van der Waals surface area contributed by atoms with Crippen LogP contribution >= 0.6 is 0 Å². The van der Waals surface area contributed by atoms with Crippen molar-refractivity contribution in [1.82, 2.24) is 0 Å². The van der Waals surface area contributed by atoms with Crippen molar-refractivity contribution in [2.45, 2.75) is 19.8 Å². The molecule has 0 rings (SSSR count). The minimum absolute atomic E-state index is 0.535. The Morgan fingerprint density at radius 2 is 2.00 bits per heavy atom. The second-order valence-corrected chi connectivity index (χ2v) is 1.95. The Morgan fingerprint density at radius 3 is 2.10 bits per heavy atom. The van der Waals surface area contributed by atoms with E-state index in [1.165, 1.54) is 13.3 Å². The highest BCUT2D eigenvalue weighted by Gasteiger charge is 1.98. The van der Waals surface area contributed by atoms with Gasteiger partial charge in [0.25, 0.3) is 0 Å². The van der Waals surface area contributed by atoms with Crippen LogP contribution in [0.2, 0.25) is 0 Å². The minimum atomic E-state index is 0.535. The van der Waals surface area contributed by atoms with Crippen LogP contribution in [0.4, 0.5) is 0 Å². The van der Waals surface area contributed by atoms with Gasteiger partial charge in [-0.25, -0.2) is 0 Å². The summed E-state index contributed by atoms with van der Waals surface area (Å²) in [5, 5.41) is 6.76. The zero-order valence-electron chi connectivity index (χ0n) is 6.93. The molecule has 0 aliphatic rings. The van der Waals surface area contributed by atoms with Crippen molar-refractivity contribution in [3.8, 4) is 0 Å². The number of hydrogen-bond donors (Lipinski definition) is 3. The van der Waals surface area contributed by atoms with Gasteiger partial charge < -0.3 is 16.9 Å². The van der Waals surface area contributed by atoms with E-state index in [0.29, 0.717) is 12.5 Å². The summed E-state index contributed by atoms with van der Waals surface area (Å²) in [6.45, 7) is 2.81. The van der Waals surface area contributed by atoms with E-state index in [9.17, 15) is 0 Å². The third-order valence-electron chi connectivity index (χ3n) is 1.36. The van der Waals surface area contributed by atoms with E-state index in [4.69, 9.17) is 11.1 Å². The molecule has 3 heteroatoms. The van der Waals surface area contributed by atoms with Crippen LogP contribution in [0.1, 0.15) is 19.8 Å². The van der Waals surface area contributed by atoms with Crippen LogP contribution in [0.25, 0.3) is 0 Å². The molecule has 0 saturated heterocycles. The average Bonchev–Trinajstić information content (AvgIpc) is 2.04. The van der Waals surface area contributed by atoms with Crippen molar-refractivity contribution in [2.75, 3.05) is 13.6 Å². The molecule has 0 aromatic carbocycles. The Balaban J connectivity index is 0. The van der Waals surface area contributed by atoms with Crippen molar-refractivity contribution < 1.29 is 0 Å². The fraction of sp³-hybridized carbons (Fsp3) is 0.857. The van der Waals surface area contributed by atoms with Crippen LogP contribution in [-0.2, 0) is 0 Å². The zero-order valence-corrected chi connectivity index (χ0v) is 6.93. The molecule has 0 amide bonds. The molecular weight excluding hydrogens is 126 g/mol. The summed E-state index contributed by atoms with van der Waals surface area (Å²) in [5.74, 6) is 0.535. The van der Waals surface area contributed by atoms with Gasteiger partial charge in [0.2, 0.25) is 0 Å². The molecule has 0 bridgehead atoms. The highest BCUT2D eigenvalue weighted by atomic mass is 14.5. The Labute approximate surface area is 63.3 Å². The summed E-state index contributed by atoms with van der Waals surface area (Å²) in [5.41, 5.74) is 9.87. The summed E-state index contributed by atoms with van der Waals surface area (Å²) >= 11 is 0. The SMILES string of the molecule is CCC(CN)CC=N.CN. The third kappa shape index (κ3) is 7.59. The van der Waals surface area contributed by atoms with E-state index in [-0.39, 0.29) is 0 Å². The van der Waals surface area contributed by atoms with Crippen molar-refractivity contribution in [1.29, 1.82) is 5.41 Å². The maximum Gasteiger partial charge on any atom is -0.00445 e. The smallest absolute Gasteiger partial charge is 0.00445 e. The summed E-state index contributed by atoms with van der Waals surface area (Å²) in [7, 11) is 1.50. The van der Waals surface area contributed by atoms with Gasteiger partial charge in [0, 0.05) is 0 Å². The number of nitrogens with one attached hydrogen (secondary N) is 1. The van der Waals surface area contributed by atoms with Crippen LogP contribution < -0.4 is 11.5 Å². The van der Waals surface area contributed by atoms with E-state index < -0.39 is 0 Å². The van der Waals surface area contributed by atoms with Gasteiger partial charge in [-0.3, -0.25) is 0 Å². The monoisotopic (exact) mass is 145 g/mol. The molecule has 0 aromatic heterocycles. The largest absolute Gasteiger partial charge is 0.333 e. The predicted molar refractivity (Wildman–Crippen MR) is 46.3 cm³/mol. The van der Waals surface area contributed by atoms with Crippen molar-refractivity contribution in [3.63, 3.8) is 0 Å². The van der Waals surface area contributed by atoms with Gasteiger partial charge >= 0.3 is 0 Å². The molecule has 0 fully saturated rings. The van der Waals surface area contributed by atoms with E-state index in [1.807, 2.05) is 0 Å².